The van der Waals surface area contributed by atoms with Crippen LogP contribution in [0.3, 0.4) is 0 Å². The third-order valence-electron chi connectivity index (χ3n) is 4.91. The molecule has 4 rings (SSSR count). The fraction of sp³-hybridized carbons (Fsp3) is 0.182. The predicted octanol–water partition coefficient (Wildman–Crippen LogP) is 4.19. The molecule has 158 valence electrons. The second kappa shape index (κ2) is 8.73. The fourth-order valence-electron chi connectivity index (χ4n) is 3.39. The number of thioether (sulfide) groups is 1. The van der Waals surface area contributed by atoms with Crippen molar-refractivity contribution >= 4 is 17.5 Å². The molecule has 0 amide bonds. The molecular weight excluding hydrogens is 417 g/mol. The molecule has 4 aromatic rings. The topological polar surface area (TPSA) is 74.8 Å². The molecule has 0 spiro atoms. The summed E-state index contributed by atoms with van der Waals surface area (Å²) >= 11 is 1.27. The first-order valence-electron chi connectivity index (χ1n) is 9.51. The summed E-state index contributed by atoms with van der Waals surface area (Å²) in [5, 5.41) is 12.3. The fourth-order valence-corrected chi connectivity index (χ4v) is 4.17. The standard InChI is InChI=1S/C22H20FN5O2S/c1-14-12-20(15(2)27(14)17-6-4-16(23)5-7-17)21(29)13-31-22-24-25-26-28(22)18-8-10-19(30-3)11-9-18/h4-12H,13H2,1-3H3. The van der Waals surface area contributed by atoms with Gasteiger partial charge in [-0.05, 0) is 78.9 Å². The van der Waals surface area contributed by atoms with Crippen molar-refractivity contribution in [2.75, 3.05) is 12.9 Å². The van der Waals surface area contributed by atoms with Crippen LogP contribution >= 0.6 is 11.8 Å². The van der Waals surface area contributed by atoms with Gasteiger partial charge in [-0.25, -0.2) is 4.39 Å². The van der Waals surface area contributed by atoms with Crippen molar-refractivity contribution < 1.29 is 13.9 Å². The molecule has 0 radical (unpaired) electrons. The number of methoxy groups -OCH3 is 1. The van der Waals surface area contributed by atoms with E-state index in [0.29, 0.717) is 10.7 Å². The summed E-state index contributed by atoms with van der Waals surface area (Å²) in [5.41, 5.74) is 3.92. The Kier molecular flexibility index (Phi) is 5.85. The number of ketones is 1. The van der Waals surface area contributed by atoms with Gasteiger partial charge in [0.2, 0.25) is 5.16 Å². The van der Waals surface area contributed by atoms with Gasteiger partial charge in [0, 0.05) is 22.6 Å². The number of benzene rings is 2. The van der Waals surface area contributed by atoms with Crippen LogP contribution in [0, 0.1) is 19.7 Å². The summed E-state index contributed by atoms with van der Waals surface area (Å²) in [4.78, 5) is 13.0. The van der Waals surface area contributed by atoms with Crippen LogP contribution in [-0.4, -0.2) is 43.4 Å². The third-order valence-corrected chi connectivity index (χ3v) is 5.83. The minimum Gasteiger partial charge on any atom is -0.497 e. The normalized spacial score (nSPS) is 11.0. The van der Waals surface area contributed by atoms with E-state index in [2.05, 4.69) is 15.5 Å². The summed E-state index contributed by atoms with van der Waals surface area (Å²) in [5.74, 6) is 0.589. The Labute approximate surface area is 182 Å². The predicted molar refractivity (Wildman–Crippen MR) is 116 cm³/mol. The second-order valence-electron chi connectivity index (χ2n) is 6.88. The van der Waals surface area contributed by atoms with E-state index < -0.39 is 0 Å². The summed E-state index contributed by atoms with van der Waals surface area (Å²) in [6, 6.07) is 15.4. The number of tetrazole rings is 1. The highest BCUT2D eigenvalue weighted by Crippen LogP contribution is 2.25. The highest BCUT2D eigenvalue weighted by molar-refractivity contribution is 7.99. The van der Waals surface area contributed by atoms with Crippen LogP contribution in [0.4, 0.5) is 4.39 Å². The summed E-state index contributed by atoms with van der Waals surface area (Å²) in [6.45, 7) is 3.81. The van der Waals surface area contributed by atoms with E-state index in [1.54, 1.807) is 23.9 Å². The van der Waals surface area contributed by atoms with Gasteiger partial charge in [0.1, 0.15) is 11.6 Å². The molecule has 0 fully saturated rings. The molecule has 2 aromatic heterocycles. The molecule has 0 unspecified atom stereocenters. The van der Waals surface area contributed by atoms with Crippen LogP contribution in [0.25, 0.3) is 11.4 Å². The molecule has 31 heavy (non-hydrogen) atoms. The van der Waals surface area contributed by atoms with Crippen molar-refractivity contribution in [2.24, 2.45) is 0 Å². The SMILES string of the molecule is COc1ccc(-n2nnnc2SCC(=O)c2cc(C)n(-c3ccc(F)cc3)c2C)cc1. The van der Waals surface area contributed by atoms with Crippen molar-refractivity contribution in [3.05, 3.63) is 77.4 Å². The maximum Gasteiger partial charge on any atom is 0.214 e. The van der Waals surface area contributed by atoms with Gasteiger partial charge in [0.25, 0.3) is 0 Å². The van der Waals surface area contributed by atoms with Crippen LogP contribution in [0.5, 0.6) is 5.75 Å². The van der Waals surface area contributed by atoms with Gasteiger partial charge < -0.3 is 9.30 Å². The molecule has 0 saturated heterocycles. The number of Topliss-reactive ketones (excluding diaryl/α,β-unsaturated/α-hetero) is 1. The van der Waals surface area contributed by atoms with Gasteiger partial charge in [-0.15, -0.1) is 5.10 Å². The number of nitrogens with zero attached hydrogens (tertiary/aromatic N) is 5. The Hall–Kier alpha value is -3.46. The zero-order valence-electron chi connectivity index (χ0n) is 17.2. The molecule has 2 aromatic carbocycles. The highest BCUT2D eigenvalue weighted by atomic mass is 32.2. The van der Waals surface area contributed by atoms with Gasteiger partial charge >= 0.3 is 0 Å². The largest absolute Gasteiger partial charge is 0.497 e. The molecule has 0 saturated carbocycles. The molecule has 0 aliphatic heterocycles. The molecular formula is C22H20FN5O2S. The van der Waals surface area contributed by atoms with E-state index in [-0.39, 0.29) is 17.4 Å². The summed E-state index contributed by atoms with van der Waals surface area (Å²) in [7, 11) is 1.60. The molecule has 2 heterocycles. The van der Waals surface area contributed by atoms with E-state index in [4.69, 9.17) is 4.74 Å². The van der Waals surface area contributed by atoms with Crippen LogP contribution in [-0.2, 0) is 0 Å². The molecule has 9 heteroatoms. The summed E-state index contributed by atoms with van der Waals surface area (Å²) < 4.78 is 22.0. The van der Waals surface area contributed by atoms with E-state index in [1.165, 1.54) is 23.9 Å². The van der Waals surface area contributed by atoms with E-state index >= 15 is 0 Å². The van der Waals surface area contributed by atoms with Crippen LogP contribution in [0.15, 0.2) is 59.8 Å². The monoisotopic (exact) mass is 437 g/mol. The number of ether oxygens (including phenoxy) is 1. The highest BCUT2D eigenvalue weighted by Gasteiger charge is 2.19. The number of hydrogen-bond acceptors (Lipinski definition) is 6. The van der Waals surface area contributed by atoms with Crippen molar-refractivity contribution in [3.63, 3.8) is 0 Å². The minimum absolute atomic E-state index is 0.0317. The van der Waals surface area contributed by atoms with Gasteiger partial charge in [0.05, 0.1) is 18.6 Å². The number of carbonyl (C=O) groups excluding carboxylic acids is 1. The van der Waals surface area contributed by atoms with Crippen LogP contribution in [0.1, 0.15) is 21.7 Å². The second-order valence-corrected chi connectivity index (χ2v) is 7.82. The van der Waals surface area contributed by atoms with Crippen LogP contribution in [0.2, 0.25) is 0 Å². The average Bonchev–Trinajstić information content (AvgIpc) is 3.37. The molecule has 0 aliphatic carbocycles. The van der Waals surface area contributed by atoms with Gasteiger partial charge in [-0.3, -0.25) is 4.79 Å². The zero-order valence-corrected chi connectivity index (χ0v) is 18.1. The van der Waals surface area contributed by atoms with Gasteiger partial charge in [-0.2, -0.15) is 4.68 Å². The Morgan fingerprint density at radius 1 is 1.06 bits per heavy atom. The molecule has 0 bridgehead atoms. The third kappa shape index (κ3) is 4.22. The summed E-state index contributed by atoms with van der Waals surface area (Å²) in [6.07, 6.45) is 0. The lowest BCUT2D eigenvalue weighted by atomic mass is 10.2. The van der Waals surface area contributed by atoms with Gasteiger partial charge in [0.15, 0.2) is 5.78 Å². The first-order chi connectivity index (χ1) is 15.0. The zero-order chi connectivity index (χ0) is 22.0. The number of halogens is 1. The number of hydrogen-bond donors (Lipinski definition) is 0. The average molecular weight is 438 g/mol. The lowest BCUT2D eigenvalue weighted by Crippen LogP contribution is -2.07. The lowest BCUT2D eigenvalue weighted by Gasteiger charge is -2.10. The molecule has 0 aliphatic rings. The first-order valence-corrected chi connectivity index (χ1v) is 10.5. The van der Waals surface area contributed by atoms with Crippen molar-refractivity contribution in [3.8, 4) is 17.1 Å². The number of aryl methyl sites for hydroxylation is 1. The Bertz CT molecular complexity index is 1220. The van der Waals surface area contributed by atoms with Crippen molar-refractivity contribution in [1.29, 1.82) is 0 Å². The van der Waals surface area contributed by atoms with Crippen LogP contribution < -0.4 is 4.74 Å². The molecule has 7 nitrogen and oxygen atoms in total. The molecule has 0 atom stereocenters. The number of aromatic nitrogens is 5. The maximum atomic E-state index is 13.3. The number of rotatable bonds is 7. The first kappa shape index (κ1) is 20.8. The Morgan fingerprint density at radius 2 is 1.74 bits per heavy atom. The minimum atomic E-state index is -0.298. The van der Waals surface area contributed by atoms with Gasteiger partial charge in [-0.1, -0.05) is 11.8 Å². The van der Waals surface area contributed by atoms with E-state index in [1.807, 2.05) is 48.7 Å². The smallest absolute Gasteiger partial charge is 0.214 e. The van der Waals surface area contributed by atoms with Crippen molar-refractivity contribution in [1.82, 2.24) is 24.8 Å². The van der Waals surface area contributed by atoms with Crippen molar-refractivity contribution in [2.45, 2.75) is 19.0 Å². The van der Waals surface area contributed by atoms with E-state index in [9.17, 15) is 9.18 Å². The maximum absolute atomic E-state index is 13.3. The lowest BCUT2D eigenvalue weighted by molar-refractivity contribution is 0.102. The Balaban J connectivity index is 1.52. The quantitative estimate of drug-likeness (QED) is 0.319. The number of carbonyl (C=O) groups is 1. The Morgan fingerprint density at radius 3 is 2.42 bits per heavy atom. The van der Waals surface area contributed by atoms with E-state index in [0.717, 1.165) is 28.5 Å². The molecule has 0 N–H and O–H groups in total.